The first-order valence-corrected chi connectivity index (χ1v) is 17.6. The number of amides is 2. The van der Waals surface area contributed by atoms with E-state index in [1.54, 1.807) is 60.7 Å². The first-order chi connectivity index (χ1) is 24.5. The number of rotatable bonds is 5. The zero-order chi connectivity index (χ0) is 35.7. The summed E-state index contributed by atoms with van der Waals surface area (Å²) in [4.78, 5) is 60.0. The van der Waals surface area contributed by atoms with Crippen LogP contribution in [0, 0.1) is 23.7 Å². The number of benzene rings is 3. The van der Waals surface area contributed by atoms with Crippen LogP contribution in [0.4, 0.5) is 13.2 Å². The molecule has 2 amide bonds. The Hall–Kier alpha value is -4.99. The standard InChI is InChI=1S/C41H36F3NO6/c42-41(43,44)51-26-16-19-33(46)31(20-26)36-27-17-18-28-35(39(50)45(38(28)49)25-14-8-3-9-15-25)30(27)21-32-37(48)29(23-10-4-1-5-11-23)22-34(47)40(32,36)24-12-6-2-7-13-24/h1-2,4-7,10-13,16-17,19-20,22,25,28,30,32,35-36,46H,3,8-9,14-15,18,21H2/t28-,30+,32-,35-,36+,40-/m0/s1. The molecule has 8 rings (SSSR count). The van der Waals surface area contributed by atoms with Gasteiger partial charge in [-0.1, -0.05) is 91.6 Å². The molecule has 3 aromatic rings. The van der Waals surface area contributed by atoms with Crippen molar-refractivity contribution in [1.29, 1.82) is 0 Å². The highest BCUT2D eigenvalue weighted by Crippen LogP contribution is 2.64. The maximum Gasteiger partial charge on any atom is 0.573 e. The summed E-state index contributed by atoms with van der Waals surface area (Å²) in [5.74, 6) is -6.74. The number of halogens is 3. The molecule has 262 valence electrons. The molecule has 51 heavy (non-hydrogen) atoms. The van der Waals surface area contributed by atoms with E-state index in [4.69, 9.17) is 0 Å². The number of carbonyl (C=O) groups excluding carboxylic acids is 4. The summed E-state index contributed by atoms with van der Waals surface area (Å²) >= 11 is 0. The Bertz CT molecular complexity index is 1980. The minimum absolute atomic E-state index is 0.0291. The highest BCUT2D eigenvalue weighted by molar-refractivity contribution is 6.31. The SMILES string of the molecule is O=C1C(c2ccccc2)=CC(=O)[C@@]2(c3ccccc3)[C@@H](c3cc(OC(F)(F)F)ccc3O)C3=CC[C@@H]4C(=O)N(C5CCCCC5)C(=O)[C@@H]4[C@@H]3C[C@@H]12. The van der Waals surface area contributed by atoms with Crippen LogP contribution in [-0.4, -0.2) is 45.8 Å². The number of phenols is 1. The minimum atomic E-state index is -5.04. The summed E-state index contributed by atoms with van der Waals surface area (Å²) in [6.45, 7) is 0. The Morgan fingerprint density at radius 3 is 2.20 bits per heavy atom. The van der Waals surface area contributed by atoms with Gasteiger partial charge in [0.1, 0.15) is 11.5 Å². The molecule has 1 saturated heterocycles. The van der Waals surface area contributed by atoms with Gasteiger partial charge in [-0.15, -0.1) is 13.2 Å². The average Bonchev–Trinajstić information content (AvgIpc) is 3.39. The lowest BCUT2D eigenvalue weighted by Gasteiger charge is -2.55. The maximum absolute atomic E-state index is 15.1. The van der Waals surface area contributed by atoms with Crippen molar-refractivity contribution in [1.82, 2.24) is 4.90 Å². The Kier molecular flexibility index (Phi) is 8.03. The second-order valence-electron chi connectivity index (χ2n) is 14.4. The zero-order valence-corrected chi connectivity index (χ0v) is 27.6. The molecule has 7 nitrogen and oxygen atoms in total. The highest BCUT2D eigenvalue weighted by Gasteiger charge is 2.66. The summed E-state index contributed by atoms with van der Waals surface area (Å²) in [5.41, 5.74) is 0.0262. The van der Waals surface area contributed by atoms with Gasteiger partial charge in [0.2, 0.25) is 11.8 Å². The lowest BCUT2D eigenvalue weighted by Crippen LogP contribution is -2.58. The van der Waals surface area contributed by atoms with Crippen LogP contribution in [0.15, 0.2) is 96.6 Å². The highest BCUT2D eigenvalue weighted by atomic mass is 19.4. The third-order valence-electron chi connectivity index (χ3n) is 11.9. The first kappa shape index (κ1) is 33.2. The summed E-state index contributed by atoms with van der Waals surface area (Å²) in [6.07, 6.45) is 2.66. The number of alkyl halides is 3. The molecule has 6 atom stereocenters. The second-order valence-corrected chi connectivity index (χ2v) is 14.4. The van der Waals surface area contributed by atoms with Gasteiger partial charge in [-0.2, -0.15) is 0 Å². The molecule has 0 aromatic heterocycles. The smallest absolute Gasteiger partial charge is 0.508 e. The van der Waals surface area contributed by atoms with Crippen LogP contribution in [0.25, 0.3) is 5.57 Å². The number of ether oxygens (including phenoxy) is 1. The summed E-state index contributed by atoms with van der Waals surface area (Å²) in [6, 6.07) is 20.4. The molecule has 3 aromatic carbocycles. The topological polar surface area (TPSA) is 101 Å². The van der Waals surface area contributed by atoms with Gasteiger partial charge in [0, 0.05) is 29.0 Å². The van der Waals surface area contributed by atoms with Gasteiger partial charge >= 0.3 is 6.36 Å². The van der Waals surface area contributed by atoms with Crippen molar-refractivity contribution < 1.29 is 42.2 Å². The minimum Gasteiger partial charge on any atom is -0.508 e. The van der Waals surface area contributed by atoms with Crippen LogP contribution < -0.4 is 4.74 Å². The van der Waals surface area contributed by atoms with Gasteiger partial charge < -0.3 is 9.84 Å². The Morgan fingerprint density at radius 1 is 0.824 bits per heavy atom. The Balaban J connectivity index is 1.36. The molecule has 0 unspecified atom stereocenters. The van der Waals surface area contributed by atoms with Crippen LogP contribution in [-0.2, 0) is 24.6 Å². The lowest BCUT2D eigenvalue weighted by molar-refractivity contribution is -0.274. The fourth-order valence-corrected chi connectivity index (χ4v) is 9.90. The van der Waals surface area contributed by atoms with E-state index >= 15 is 4.79 Å². The number of nitrogens with zero attached hydrogens (tertiary/aromatic N) is 1. The fourth-order valence-electron chi connectivity index (χ4n) is 9.90. The van der Waals surface area contributed by atoms with Crippen molar-refractivity contribution in [3.63, 3.8) is 0 Å². The Morgan fingerprint density at radius 2 is 1.51 bits per heavy atom. The third kappa shape index (κ3) is 5.24. The number of hydrogen-bond acceptors (Lipinski definition) is 6. The van der Waals surface area contributed by atoms with E-state index in [-0.39, 0.29) is 53.4 Å². The van der Waals surface area contributed by atoms with Crippen LogP contribution in [0.3, 0.4) is 0 Å². The Labute approximate surface area is 292 Å². The quantitative estimate of drug-likeness (QED) is 0.220. The van der Waals surface area contributed by atoms with E-state index in [1.807, 2.05) is 6.08 Å². The fraction of sp³-hybridized carbons (Fsp3) is 0.366. The molecule has 1 heterocycles. The van der Waals surface area contributed by atoms with E-state index < -0.39 is 52.9 Å². The molecule has 5 aliphatic rings. The molecule has 3 fully saturated rings. The molecule has 10 heteroatoms. The van der Waals surface area contributed by atoms with Crippen LogP contribution in [0.1, 0.15) is 67.6 Å². The third-order valence-corrected chi connectivity index (χ3v) is 11.9. The number of imide groups is 1. The van der Waals surface area contributed by atoms with Crippen molar-refractivity contribution in [2.45, 2.75) is 68.7 Å². The maximum atomic E-state index is 15.1. The largest absolute Gasteiger partial charge is 0.573 e. The molecule has 0 radical (unpaired) electrons. The van der Waals surface area contributed by atoms with Crippen molar-refractivity contribution in [3.8, 4) is 11.5 Å². The molecule has 0 bridgehead atoms. The first-order valence-electron chi connectivity index (χ1n) is 17.6. The number of carbonyl (C=O) groups is 4. The van der Waals surface area contributed by atoms with E-state index in [1.165, 1.54) is 11.0 Å². The van der Waals surface area contributed by atoms with Gasteiger partial charge in [-0.25, -0.2) is 0 Å². The molecule has 0 spiro atoms. The summed E-state index contributed by atoms with van der Waals surface area (Å²) in [5, 5.41) is 11.5. The molecular weight excluding hydrogens is 659 g/mol. The molecule has 4 aliphatic carbocycles. The van der Waals surface area contributed by atoms with Gasteiger partial charge in [-0.3, -0.25) is 24.1 Å². The molecular formula is C41H36F3NO6. The van der Waals surface area contributed by atoms with Crippen LogP contribution in [0.2, 0.25) is 0 Å². The predicted octanol–water partition coefficient (Wildman–Crippen LogP) is 7.45. The van der Waals surface area contributed by atoms with Gasteiger partial charge in [0.15, 0.2) is 11.6 Å². The average molecular weight is 696 g/mol. The normalized spacial score (nSPS) is 29.5. The van der Waals surface area contributed by atoms with Crippen molar-refractivity contribution in [2.75, 3.05) is 0 Å². The molecule has 2 saturated carbocycles. The lowest BCUT2D eigenvalue weighted by atomic mass is 9.44. The van der Waals surface area contributed by atoms with Crippen molar-refractivity contribution >= 4 is 29.0 Å². The van der Waals surface area contributed by atoms with Gasteiger partial charge in [-0.05, 0) is 67.0 Å². The number of likely N-dealkylation sites (tertiary alicyclic amines) is 1. The number of allylic oxidation sites excluding steroid dienone is 4. The van der Waals surface area contributed by atoms with Crippen molar-refractivity contribution in [2.24, 2.45) is 23.7 Å². The van der Waals surface area contributed by atoms with E-state index in [2.05, 4.69) is 4.74 Å². The second kappa shape index (κ2) is 12.4. The molecule has 1 aliphatic heterocycles. The van der Waals surface area contributed by atoms with Crippen molar-refractivity contribution in [3.05, 3.63) is 113 Å². The molecule has 1 N–H and O–H groups in total. The van der Waals surface area contributed by atoms with E-state index in [0.717, 1.165) is 50.3 Å². The monoisotopic (exact) mass is 695 g/mol. The number of fused-ring (bicyclic) bond motifs is 4. The number of phenolic OH excluding ortho intramolecular Hbond substituents is 1. The summed E-state index contributed by atoms with van der Waals surface area (Å²) in [7, 11) is 0. The number of Topliss-reactive ketones (excluding diaryl/α,β-unsaturated/α-hetero) is 1. The van der Waals surface area contributed by atoms with Crippen LogP contribution >= 0.6 is 0 Å². The zero-order valence-electron chi connectivity index (χ0n) is 27.6. The van der Waals surface area contributed by atoms with Crippen LogP contribution in [0.5, 0.6) is 11.5 Å². The van der Waals surface area contributed by atoms with E-state index in [0.29, 0.717) is 16.7 Å². The number of hydrogen-bond donors (Lipinski definition) is 1. The van der Waals surface area contributed by atoms with E-state index in [9.17, 15) is 32.7 Å². The number of aromatic hydroxyl groups is 1. The van der Waals surface area contributed by atoms with Gasteiger partial charge in [0.05, 0.1) is 17.3 Å². The van der Waals surface area contributed by atoms with Gasteiger partial charge in [0.25, 0.3) is 0 Å². The number of ketones is 2. The predicted molar refractivity (Wildman–Crippen MR) is 180 cm³/mol. The summed E-state index contributed by atoms with van der Waals surface area (Å²) < 4.78 is 45.0.